The van der Waals surface area contributed by atoms with E-state index in [0.29, 0.717) is 11.8 Å². The Labute approximate surface area is 209 Å². The van der Waals surface area contributed by atoms with Crippen LogP contribution in [0.25, 0.3) is 0 Å². The number of rotatable bonds is 12. The van der Waals surface area contributed by atoms with Crippen LogP contribution >= 0.6 is 0 Å². The highest BCUT2D eigenvalue weighted by atomic mass is 16.5. The van der Waals surface area contributed by atoms with Crippen LogP contribution in [0, 0.1) is 35.5 Å². The molecule has 0 heterocycles. The van der Waals surface area contributed by atoms with Gasteiger partial charge < -0.3 is 9.47 Å². The van der Waals surface area contributed by atoms with Gasteiger partial charge in [-0.2, -0.15) is 0 Å². The molecule has 34 heavy (non-hydrogen) atoms. The van der Waals surface area contributed by atoms with E-state index in [9.17, 15) is 0 Å². The molecule has 2 aliphatic rings. The number of benzene rings is 1. The summed E-state index contributed by atoms with van der Waals surface area (Å²) in [5.74, 6) is 11.8. The zero-order chi connectivity index (χ0) is 23.8. The lowest BCUT2D eigenvalue weighted by molar-refractivity contribution is 0.196. The van der Waals surface area contributed by atoms with E-state index >= 15 is 0 Å². The maximum absolute atomic E-state index is 6.07. The fraction of sp³-hybridized carbons (Fsp3) is 0.688. The van der Waals surface area contributed by atoms with Gasteiger partial charge in [-0.1, -0.05) is 63.9 Å². The third-order valence-corrected chi connectivity index (χ3v) is 7.77. The van der Waals surface area contributed by atoms with E-state index in [1.54, 1.807) is 0 Å². The van der Waals surface area contributed by atoms with E-state index in [1.165, 1.54) is 83.5 Å². The van der Waals surface area contributed by atoms with Gasteiger partial charge in [-0.05, 0) is 106 Å². The van der Waals surface area contributed by atoms with Crippen molar-refractivity contribution < 1.29 is 9.47 Å². The summed E-state index contributed by atoms with van der Waals surface area (Å²) in [6.07, 6.45) is 22.8. The molecule has 2 saturated carbocycles. The molecule has 0 saturated heterocycles. The zero-order valence-electron chi connectivity index (χ0n) is 21.9. The van der Waals surface area contributed by atoms with Crippen molar-refractivity contribution in [3.05, 3.63) is 36.4 Å². The molecule has 1 aromatic rings. The maximum atomic E-state index is 6.07. The molecule has 0 amide bonds. The maximum Gasteiger partial charge on any atom is 0.119 e. The third-order valence-electron chi connectivity index (χ3n) is 7.77. The first-order valence-electron chi connectivity index (χ1n) is 14.3. The Morgan fingerprint density at radius 3 is 2.09 bits per heavy atom. The van der Waals surface area contributed by atoms with Gasteiger partial charge in [0.15, 0.2) is 0 Å². The molecule has 2 heteroatoms. The van der Waals surface area contributed by atoms with Gasteiger partial charge in [-0.3, -0.25) is 0 Å². The van der Waals surface area contributed by atoms with E-state index in [0.717, 1.165) is 43.0 Å². The molecule has 2 aliphatic carbocycles. The molecular weight excluding hydrogens is 416 g/mol. The molecule has 1 aromatic carbocycles. The normalized spacial score (nSPS) is 25.0. The summed E-state index contributed by atoms with van der Waals surface area (Å²) < 4.78 is 11.9. The molecule has 3 rings (SSSR count). The molecule has 2 nitrogen and oxygen atoms in total. The standard InChI is InChI=1S/C32H48O2/c1-3-5-9-25-33-31-21-23-32(24-22-31)34-26-30-19-17-29(18-20-30)12-8-7-11-28-15-13-27(14-16-28)10-6-4-2/h7,11,21-24,27-30H,3-6,9-10,13-20,25-26H2,1-2H3/t27-,28-,29-,30-. The Morgan fingerprint density at radius 2 is 1.41 bits per heavy atom. The van der Waals surface area contributed by atoms with E-state index in [1.807, 2.05) is 24.3 Å². The molecule has 0 spiro atoms. The lowest BCUT2D eigenvalue weighted by Crippen LogP contribution is -2.19. The van der Waals surface area contributed by atoms with Crippen LogP contribution in [0.5, 0.6) is 11.5 Å². The van der Waals surface area contributed by atoms with Crippen molar-refractivity contribution in [2.45, 2.75) is 104 Å². The number of unbranched alkanes of at least 4 members (excludes halogenated alkanes) is 3. The Morgan fingerprint density at radius 1 is 0.765 bits per heavy atom. The van der Waals surface area contributed by atoms with Crippen LogP contribution in [-0.4, -0.2) is 13.2 Å². The first kappa shape index (κ1) is 26.7. The van der Waals surface area contributed by atoms with Crippen molar-refractivity contribution in [3.8, 4) is 23.3 Å². The van der Waals surface area contributed by atoms with E-state index in [-0.39, 0.29) is 0 Å². The van der Waals surface area contributed by atoms with Crippen molar-refractivity contribution >= 4 is 0 Å². The van der Waals surface area contributed by atoms with E-state index in [2.05, 4.69) is 37.8 Å². The summed E-state index contributed by atoms with van der Waals surface area (Å²) in [4.78, 5) is 0. The third kappa shape index (κ3) is 10.2. The lowest BCUT2D eigenvalue weighted by Gasteiger charge is -2.26. The Kier molecular flexibility index (Phi) is 12.5. The second-order valence-corrected chi connectivity index (χ2v) is 10.6. The molecule has 0 bridgehead atoms. The first-order valence-corrected chi connectivity index (χ1v) is 14.3. The fourth-order valence-electron chi connectivity index (χ4n) is 5.37. The van der Waals surface area contributed by atoms with Crippen molar-refractivity contribution in [3.63, 3.8) is 0 Å². The highest BCUT2D eigenvalue weighted by molar-refractivity contribution is 5.31. The van der Waals surface area contributed by atoms with Crippen LogP contribution in [0.2, 0.25) is 0 Å². The van der Waals surface area contributed by atoms with Crippen molar-refractivity contribution in [1.29, 1.82) is 0 Å². The molecule has 0 atom stereocenters. The molecule has 0 radical (unpaired) electrons. The van der Waals surface area contributed by atoms with Crippen molar-refractivity contribution in [2.75, 3.05) is 13.2 Å². The largest absolute Gasteiger partial charge is 0.494 e. The predicted octanol–water partition coefficient (Wildman–Crippen LogP) is 9.00. The van der Waals surface area contributed by atoms with Crippen LogP contribution < -0.4 is 9.47 Å². The summed E-state index contributed by atoms with van der Waals surface area (Å²) in [6, 6.07) is 8.13. The number of hydrogen-bond acceptors (Lipinski definition) is 2. The van der Waals surface area contributed by atoms with Crippen LogP contribution in [0.15, 0.2) is 36.4 Å². The van der Waals surface area contributed by atoms with E-state index < -0.39 is 0 Å². The molecule has 0 aromatic heterocycles. The second-order valence-electron chi connectivity index (χ2n) is 10.6. The van der Waals surface area contributed by atoms with Crippen LogP contribution in [0.1, 0.15) is 104 Å². The molecule has 188 valence electrons. The van der Waals surface area contributed by atoms with Gasteiger partial charge in [0.1, 0.15) is 11.5 Å². The smallest absolute Gasteiger partial charge is 0.119 e. The summed E-state index contributed by atoms with van der Waals surface area (Å²) in [7, 11) is 0. The lowest BCUT2D eigenvalue weighted by atomic mass is 9.80. The second kappa shape index (κ2) is 15.9. The molecular formula is C32H48O2. The Balaban J connectivity index is 1.27. The minimum Gasteiger partial charge on any atom is -0.494 e. The van der Waals surface area contributed by atoms with Crippen molar-refractivity contribution in [1.82, 2.24) is 0 Å². The van der Waals surface area contributed by atoms with Crippen LogP contribution in [-0.2, 0) is 0 Å². The first-order chi connectivity index (χ1) is 16.8. The Bertz CT molecular complexity index is 737. The quantitative estimate of drug-likeness (QED) is 0.227. The van der Waals surface area contributed by atoms with Gasteiger partial charge in [0, 0.05) is 5.92 Å². The monoisotopic (exact) mass is 464 g/mol. The van der Waals surface area contributed by atoms with E-state index in [4.69, 9.17) is 9.47 Å². The summed E-state index contributed by atoms with van der Waals surface area (Å²) in [5, 5.41) is 0. The van der Waals surface area contributed by atoms with Gasteiger partial charge in [-0.25, -0.2) is 0 Å². The minimum absolute atomic E-state index is 0.565. The summed E-state index contributed by atoms with van der Waals surface area (Å²) >= 11 is 0. The highest BCUT2D eigenvalue weighted by Crippen LogP contribution is 2.32. The van der Waals surface area contributed by atoms with Gasteiger partial charge in [0.2, 0.25) is 0 Å². The van der Waals surface area contributed by atoms with Gasteiger partial charge >= 0.3 is 0 Å². The topological polar surface area (TPSA) is 18.5 Å². The summed E-state index contributed by atoms with van der Waals surface area (Å²) in [6.45, 7) is 6.14. The zero-order valence-corrected chi connectivity index (χ0v) is 21.9. The van der Waals surface area contributed by atoms with Crippen molar-refractivity contribution in [2.24, 2.45) is 23.7 Å². The molecule has 0 N–H and O–H groups in total. The van der Waals surface area contributed by atoms with Gasteiger partial charge in [0.05, 0.1) is 13.2 Å². The summed E-state index contributed by atoms with van der Waals surface area (Å²) in [5.41, 5.74) is 0. The molecule has 0 aliphatic heterocycles. The average molecular weight is 465 g/mol. The molecule has 0 unspecified atom stereocenters. The minimum atomic E-state index is 0.565. The number of ether oxygens (including phenoxy) is 2. The van der Waals surface area contributed by atoms with Crippen LogP contribution in [0.3, 0.4) is 0 Å². The van der Waals surface area contributed by atoms with Gasteiger partial charge in [0.25, 0.3) is 0 Å². The molecule has 2 fully saturated rings. The van der Waals surface area contributed by atoms with Crippen LogP contribution in [0.4, 0.5) is 0 Å². The van der Waals surface area contributed by atoms with Gasteiger partial charge in [-0.15, -0.1) is 0 Å². The highest BCUT2D eigenvalue weighted by Gasteiger charge is 2.21. The average Bonchev–Trinajstić information content (AvgIpc) is 2.89. The predicted molar refractivity (Wildman–Crippen MR) is 144 cm³/mol. The number of allylic oxidation sites excluding steroid dienone is 2. The number of hydrogen-bond donors (Lipinski definition) is 0. The Hall–Kier alpha value is -1.88. The fourth-order valence-corrected chi connectivity index (χ4v) is 5.37. The SMILES string of the molecule is CCCCCOc1ccc(OC[C@H]2CC[C@H](C#CC=C[C@H]3CC[C@H](CCCC)CC3)CC2)cc1.